The molecule has 15 heavy (non-hydrogen) atoms. The zero-order valence-electron chi connectivity index (χ0n) is 6.98. The number of ether oxygens (including phenoxy) is 1. The van der Waals surface area contributed by atoms with Gasteiger partial charge in [-0.05, 0) is 0 Å². The van der Waals surface area contributed by atoms with Crippen molar-refractivity contribution in [2.75, 3.05) is 0 Å². The Labute approximate surface area is 81.5 Å². The lowest BCUT2D eigenvalue weighted by Crippen LogP contribution is -2.40. The molecule has 9 nitrogen and oxygen atoms in total. The molecule has 0 spiro atoms. The molecule has 1 atom stereocenters. The van der Waals surface area contributed by atoms with E-state index in [-0.39, 0.29) is 0 Å². The molecule has 0 aromatic heterocycles. The molecule has 0 radical (unpaired) electrons. The van der Waals surface area contributed by atoms with Gasteiger partial charge in [-0.3, -0.25) is 0 Å². The van der Waals surface area contributed by atoms with E-state index in [1.54, 1.807) is 0 Å². The Bertz CT molecular complexity index is 292. The fraction of sp³-hybridized carbons (Fsp3) is 0.333. The highest BCUT2D eigenvalue weighted by Crippen LogP contribution is 1.97. The van der Waals surface area contributed by atoms with E-state index < -0.39 is 36.1 Å². The number of aliphatic hydroxyl groups excluding tert-OH is 1. The van der Waals surface area contributed by atoms with Crippen molar-refractivity contribution in [3.05, 3.63) is 0 Å². The molecule has 1 unspecified atom stereocenters. The summed E-state index contributed by atoms with van der Waals surface area (Å²) in [6.07, 6.45) is -5.17. The Morgan fingerprint density at radius 2 is 1.27 bits per heavy atom. The molecule has 0 aliphatic rings. The van der Waals surface area contributed by atoms with Gasteiger partial charge in [-0.2, -0.15) is 0 Å². The van der Waals surface area contributed by atoms with Crippen LogP contribution in [-0.4, -0.2) is 56.5 Å². The van der Waals surface area contributed by atoms with Gasteiger partial charge in [0.2, 0.25) is 6.10 Å². The number of carboxylic acid groups (broad SMARTS) is 3. The van der Waals surface area contributed by atoms with Crippen LogP contribution in [0.5, 0.6) is 0 Å². The zero-order valence-corrected chi connectivity index (χ0v) is 6.98. The molecular formula is C6H6O9. The maximum absolute atomic E-state index is 10.6. The van der Waals surface area contributed by atoms with E-state index in [0.29, 0.717) is 0 Å². The molecule has 0 bridgehead atoms. The van der Waals surface area contributed by atoms with Gasteiger partial charge in [-0.1, -0.05) is 0 Å². The molecule has 0 heterocycles. The molecule has 0 amide bonds. The second-order valence-electron chi connectivity index (χ2n) is 2.23. The Hall–Kier alpha value is -2.16. The minimum absolute atomic E-state index is 1.86. The van der Waals surface area contributed by atoms with Crippen LogP contribution in [0.4, 0.5) is 0 Å². The van der Waals surface area contributed by atoms with E-state index in [0.717, 1.165) is 0 Å². The standard InChI is InChI=1S/C6H6O9/c7-1(3(8)9)6(14)15-2(4(10)11)5(12)13/h1-2,7H,(H,8,9)(H,10,11)(H,12,13). The highest BCUT2D eigenvalue weighted by molar-refractivity contribution is 6.02. The summed E-state index contributed by atoms with van der Waals surface area (Å²) in [6.45, 7) is 0. The molecule has 0 saturated heterocycles. The van der Waals surface area contributed by atoms with Crippen LogP contribution >= 0.6 is 0 Å². The van der Waals surface area contributed by atoms with E-state index in [2.05, 4.69) is 4.74 Å². The molecule has 0 aromatic rings. The molecule has 9 heteroatoms. The Morgan fingerprint density at radius 3 is 1.53 bits per heavy atom. The van der Waals surface area contributed by atoms with E-state index >= 15 is 0 Å². The van der Waals surface area contributed by atoms with Crippen molar-refractivity contribution in [2.45, 2.75) is 12.2 Å². The van der Waals surface area contributed by atoms with Crippen LogP contribution in [0, 0.1) is 0 Å². The minimum Gasteiger partial charge on any atom is -0.479 e. The van der Waals surface area contributed by atoms with Gasteiger partial charge in [0.1, 0.15) is 0 Å². The van der Waals surface area contributed by atoms with Crippen LogP contribution < -0.4 is 0 Å². The fourth-order valence-electron chi connectivity index (χ4n) is 0.488. The number of aliphatic hydroxyl groups is 1. The van der Waals surface area contributed by atoms with Gasteiger partial charge in [0.15, 0.2) is 0 Å². The van der Waals surface area contributed by atoms with Crippen molar-refractivity contribution < 1.29 is 44.3 Å². The first-order chi connectivity index (χ1) is 6.77. The van der Waals surface area contributed by atoms with Crippen molar-refractivity contribution in [2.24, 2.45) is 0 Å². The maximum atomic E-state index is 10.6. The van der Waals surface area contributed by atoms with E-state index in [9.17, 15) is 19.2 Å². The molecule has 0 aromatic carbocycles. The predicted molar refractivity (Wildman–Crippen MR) is 38.8 cm³/mol. The van der Waals surface area contributed by atoms with Gasteiger partial charge < -0.3 is 25.2 Å². The van der Waals surface area contributed by atoms with Crippen LogP contribution in [0.2, 0.25) is 0 Å². The van der Waals surface area contributed by atoms with Crippen LogP contribution in [0.1, 0.15) is 0 Å². The summed E-state index contributed by atoms with van der Waals surface area (Å²) in [5.41, 5.74) is 0. The third kappa shape index (κ3) is 3.60. The first-order valence-electron chi connectivity index (χ1n) is 3.34. The second kappa shape index (κ2) is 4.91. The number of carbonyl (C=O) groups excluding carboxylic acids is 1. The third-order valence-corrected chi connectivity index (χ3v) is 1.14. The highest BCUT2D eigenvalue weighted by atomic mass is 16.6. The number of esters is 1. The molecule has 4 N–H and O–H groups in total. The number of aliphatic carboxylic acids is 3. The summed E-state index contributed by atoms with van der Waals surface area (Å²) < 4.78 is 3.73. The topological polar surface area (TPSA) is 158 Å². The third-order valence-electron chi connectivity index (χ3n) is 1.14. The van der Waals surface area contributed by atoms with E-state index in [1.165, 1.54) is 0 Å². The predicted octanol–water partition coefficient (Wildman–Crippen LogP) is -2.49. The number of rotatable bonds is 5. The number of carboxylic acids is 3. The normalized spacial score (nSPS) is 11.9. The Balaban J connectivity index is 4.56. The monoisotopic (exact) mass is 222 g/mol. The van der Waals surface area contributed by atoms with Crippen molar-refractivity contribution >= 4 is 23.9 Å². The summed E-state index contributed by atoms with van der Waals surface area (Å²) >= 11 is 0. The van der Waals surface area contributed by atoms with Gasteiger partial charge in [-0.25, -0.2) is 19.2 Å². The molecule has 0 saturated carbocycles. The first kappa shape index (κ1) is 12.8. The zero-order chi connectivity index (χ0) is 12.2. The Morgan fingerprint density at radius 1 is 0.867 bits per heavy atom. The summed E-state index contributed by atoms with van der Waals surface area (Å²) in [4.78, 5) is 41.0. The van der Waals surface area contributed by atoms with Gasteiger partial charge in [-0.15, -0.1) is 0 Å². The molecular weight excluding hydrogens is 216 g/mol. The minimum atomic E-state index is -2.62. The van der Waals surface area contributed by atoms with Crippen molar-refractivity contribution in [3.8, 4) is 0 Å². The molecule has 0 rings (SSSR count). The molecule has 84 valence electrons. The summed E-state index contributed by atoms with van der Waals surface area (Å²) in [6, 6.07) is 0. The molecule has 0 fully saturated rings. The average molecular weight is 222 g/mol. The highest BCUT2D eigenvalue weighted by Gasteiger charge is 2.34. The number of carbonyl (C=O) groups is 4. The second-order valence-corrected chi connectivity index (χ2v) is 2.23. The average Bonchev–Trinajstić information content (AvgIpc) is 2.11. The van der Waals surface area contributed by atoms with Crippen LogP contribution in [0.25, 0.3) is 0 Å². The van der Waals surface area contributed by atoms with E-state index in [4.69, 9.17) is 20.4 Å². The summed E-state index contributed by atoms with van der Waals surface area (Å²) in [5, 5.41) is 33.1. The Kier molecular flexibility index (Phi) is 4.20. The van der Waals surface area contributed by atoms with Gasteiger partial charge in [0.05, 0.1) is 0 Å². The quantitative estimate of drug-likeness (QED) is 0.291. The van der Waals surface area contributed by atoms with Crippen LogP contribution in [0.15, 0.2) is 0 Å². The fourth-order valence-corrected chi connectivity index (χ4v) is 0.488. The lowest BCUT2D eigenvalue weighted by Gasteiger charge is -2.10. The number of hydrogen-bond acceptors (Lipinski definition) is 6. The lowest BCUT2D eigenvalue weighted by molar-refractivity contribution is -0.182. The van der Waals surface area contributed by atoms with Gasteiger partial charge in [0.25, 0.3) is 6.10 Å². The van der Waals surface area contributed by atoms with Crippen molar-refractivity contribution in [1.29, 1.82) is 0 Å². The summed E-state index contributed by atoms with van der Waals surface area (Å²) in [7, 11) is 0. The van der Waals surface area contributed by atoms with Crippen molar-refractivity contribution in [3.63, 3.8) is 0 Å². The molecule has 0 aliphatic carbocycles. The van der Waals surface area contributed by atoms with Gasteiger partial charge >= 0.3 is 23.9 Å². The van der Waals surface area contributed by atoms with E-state index in [1.807, 2.05) is 0 Å². The molecule has 0 aliphatic heterocycles. The first-order valence-corrected chi connectivity index (χ1v) is 3.34. The van der Waals surface area contributed by atoms with Crippen LogP contribution in [0.3, 0.4) is 0 Å². The largest absolute Gasteiger partial charge is 0.479 e. The summed E-state index contributed by atoms with van der Waals surface area (Å²) in [5.74, 6) is -7.83. The smallest absolute Gasteiger partial charge is 0.356 e. The SMILES string of the molecule is O=C(O)C(O)C(=O)OC(C(=O)O)C(=O)O. The van der Waals surface area contributed by atoms with Gasteiger partial charge in [0, 0.05) is 0 Å². The number of hydrogen-bond donors (Lipinski definition) is 4. The maximum Gasteiger partial charge on any atom is 0.356 e. The van der Waals surface area contributed by atoms with Crippen molar-refractivity contribution in [1.82, 2.24) is 0 Å². The van der Waals surface area contributed by atoms with Crippen LogP contribution in [-0.2, 0) is 23.9 Å². The lowest BCUT2D eigenvalue weighted by atomic mass is 10.3.